The molecule has 0 radical (unpaired) electrons. The van der Waals surface area contributed by atoms with Gasteiger partial charge in [0.25, 0.3) is 0 Å². The smallest absolute Gasteiger partial charge is 0.0762 e. The van der Waals surface area contributed by atoms with Crippen LogP contribution in [0.15, 0.2) is 34.3 Å². The lowest BCUT2D eigenvalue weighted by atomic mass is 9.83. The van der Waals surface area contributed by atoms with E-state index < -0.39 is 6.10 Å². The topological polar surface area (TPSA) is 23.5 Å². The summed E-state index contributed by atoms with van der Waals surface area (Å²) in [5.74, 6) is 0. The molecule has 0 amide bonds. The summed E-state index contributed by atoms with van der Waals surface area (Å²) < 4.78 is 1.06. The highest BCUT2D eigenvalue weighted by atomic mass is 79.9. The van der Waals surface area contributed by atoms with Gasteiger partial charge < -0.3 is 10.0 Å². The number of halogens is 1. The molecule has 1 aliphatic rings. The van der Waals surface area contributed by atoms with E-state index in [1.165, 1.54) is 5.69 Å². The standard InChI is InChI=1S/C17H24BrNO/c1-12(20)13-5-6-16(15(18)11-13)19-9-7-14(8-10-19)17(2,3)4/h5-7,11-12,20H,8-10H2,1-4H3/t12-/m0/s1. The van der Waals surface area contributed by atoms with Gasteiger partial charge in [-0.15, -0.1) is 0 Å². The van der Waals surface area contributed by atoms with Crippen LogP contribution in [0.1, 0.15) is 45.8 Å². The zero-order valence-electron chi connectivity index (χ0n) is 12.8. The third-order valence-corrected chi connectivity index (χ3v) is 4.60. The van der Waals surface area contributed by atoms with Crippen LogP contribution >= 0.6 is 15.9 Å². The molecular weight excluding hydrogens is 314 g/mol. The summed E-state index contributed by atoms with van der Waals surface area (Å²) in [6, 6.07) is 6.12. The summed E-state index contributed by atoms with van der Waals surface area (Å²) in [6.07, 6.45) is 3.06. The van der Waals surface area contributed by atoms with E-state index in [0.717, 1.165) is 29.5 Å². The van der Waals surface area contributed by atoms with Gasteiger partial charge >= 0.3 is 0 Å². The Labute approximate surface area is 130 Å². The van der Waals surface area contributed by atoms with Crippen molar-refractivity contribution in [2.24, 2.45) is 5.41 Å². The van der Waals surface area contributed by atoms with Gasteiger partial charge in [0.15, 0.2) is 0 Å². The van der Waals surface area contributed by atoms with Gasteiger partial charge in [0.05, 0.1) is 11.8 Å². The number of benzene rings is 1. The Hall–Kier alpha value is -0.800. The molecule has 0 saturated heterocycles. The van der Waals surface area contributed by atoms with Gasteiger partial charge in [-0.05, 0) is 52.4 Å². The van der Waals surface area contributed by atoms with E-state index in [-0.39, 0.29) is 5.41 Å². The van der Waals surface area contributed by atoms with Crippen LogP contribution in [0.4, 0.5) is 5.69 Å². The van der Waals surface area contributed by atoms with Crippen molar-refractivity contribution in [3.8, 4) is 0 Å². The van der Waals surface area contributed by atoms with Crippen molar-refractivity contribution in [2.45, 2.75) is 40.2 Å². The van der Waals surface area contributed by atoms with Gasteiger partial charge in [-0.3, -0.25) is 0 Å². The van der Waals surface area contributed by atoms with Gasteiger partial charge in [0, 0.05) is 17.6 Å². The highest BCUT2D eigenvalue weighted by Gasteiger charge is 2.22. The number of nitrogens with zero attached hydrogens (tertiary/aromatic N) is 1. The van der Waals surface area contributed by atoms with Crippen molar-refractivity contribution < 1.29 is 5.11 Å². The molecular formula is C17H24BrNO. The van der Waals surface area contributed by atoms with Gasteiger partial charge in [-0.25, -0.2) is 0 Å². The number of hydrogen-bond acceptors (Lipinski definition) is 2. The lowest BCUT2D eigenvalue weighted by molar-refractivity contribution is 0.199. The summed E-state index contributed by atoms with van der Waals surface area (Å²) in [5.41, 5.74) is 3.98. The Morgan fingerprint density at radius 2 is 2.00 bits per heavy atom. The summed E-state index contributed by atoms with van der Waals surface area (Å²) >= 11 is 3.63. The van der Waals surface area contributed by atoms with E-state index in [1.54, 1.807) is 12.5 Å². The second-order valence-electron chi connectivity index (χ2n) is 6.56. The van der Waals surface area contributed by atoms with Crippen molar-refractivity contribution in [3.05, 3.63) is 39.9 Å². The van der Waals surface area contributed by atoms with Crippen LogP contribution in [-0.2, 0) is 0 Å². The summed E-state index contributed by atoms with van der Waals surface area (Å²) in [7, 11) is 0. The zero-order valence-corrected chi connectivity index (χ0v) is 14.4. The number of anilines is 1. The molecule has 0 saturated carbocycles. The minimum Gasteiger partial charge on any atom is -0.389 e. The van der Waals surface area contributed by atoms with E-state index in [0.29, 0.717) is 0 Å². The monoisotopic (exact) mass is 337 g/mol. The van der Waals surface area contributed by atoms with E-state index in [9.17, 15) is 5.11 Å². The molecule has 0 fully saturated rings. The Morgan fingerprint density at radius 3 is 2.45 bits per heavy atom. The molecule has 2 nitrogen and oxygen atoms in total. The molecule has 1 N–H and O–H groups in total. The highest BCUT2D eigenvalue weighted by Crippen LogP contribution is 2.34. The molecule has 0 unspecified atom stereocenters. The maximum atomic E-state index is 9.63. The van der Waals surface area contributed by atoms with Crippen LogP contribution in [0.5, 0.6) is 0 Å². The largest absolute Gasteiger partial charge is 0.389 e. The Balaban J connectivity index is 2.17. The fourth-order valence-corrected chi connectivity index (χ4v) is 3.26. The van der Waals surface area contributed by atoms with E-state index >= 15 is 0 Å². The predicted octanol–water partition coefficient (Wildman–Crippen LogP) is 4.69. The van der Waals surface area contributed by atoms with Gasteiger partial charge in [0.2, 0.25) is 0 Å². The first-order chi connectivity index (χ1) is 9.29. The van der Waals surface area contributed by atoms with Crippen LogP contribution in [0.25, 0.3) is 0 Å². The maximum Gasteiger partial charge on any atom is 0.0762 e. The fourth-order valence-electron chi connectivity index (χ4n) is 2.61. The first kappa shape index (κ1) is 15.6. The van der Waals surface area contributed by atoms with Crippen LogP contribution in [0, 0.1) is 5.41 Å². The number of rotatable bonds is 2. The lowest BCUT2D eigenvalue weighted by Crippen LogP contribution is -2.31. The second kappa shape index (κ2) is 5.90. The van der Waals surface area contributed by atoms with Gasteiger partial charge in [-0.2, -0.15) is 0 Å². The van der Waals surface area contributed by atoms with Crippen LogP contribution < -0.4 is 4.90 Å². The lowest BCUT2D eigenvalue weighted by Gasteiger charge is -2.34. The van der Waals surface area contributed by atoms with Crippen molar-refractivity contribution in [1.29, 1.82) is 0 Å². The Bertz CT molecular complexity index is 514. The third kappa shape index (κ3) is 3.44. The molecule has 0 aliphatic carbocycles. The van der Waals surface area contributed by atoms with Crippen molar-refractivity contribution in [3.63, 3.8) is 0 Å². The highest BCUT2D eigenvalue weighted by molar-refractivity contribution is 9.10. The molecule has 3 heteroatoms. The maximum absolute atomic E-state index is 9.63. The van der Waals surface area contributed by atoms with E-state index in [2.05, 4.69) is 53.7 Å². The zero-order chi connectivity index (χ0) is 14.9. The molecule has 0 bridgehead atoms. The first-order valence-corrected chi connectivity index (χ1v) is 8.00. The van der Waals surface area contributed by atoms with Crippen LogP contribution in [0.2, 0.25) is 0 Å². The normalized spacial score (nSPS) is 17.9. The molecule has 2 rings (SSSR count). The molecule has 20 heavy (non-hydrogen) atoms. The Kier molecular flexibility index (Phi) is 4.60. The first-order valence-electron chi connectivity index (χ1n) is 7.21. The van der Waals surface area contributed by atoms with Gasteiger partial charge in [-0.1, -0.05) is 38.5 Å². The molecule has 1 aromatic rings. The fraction of sp³-hybridized carbons (Fsp3) is 0.529. The minimum absolute atomic E-state index is 0.277. The van der Waals surface area contributed by atoms with Crippen LogP contribution in [0.3, 0.4) is 0 Å². The van der Waals surface area contributed by atoms with Crippen molar-refractivity contribution in [1.82, 2.24) is 0 Å². The Morgan fingerprint density at radius 1 is 1.30 bits per heavy atom. The summed E-state index contributed by atoms with van der Waals surface area (Å²) in [5, 5.41) is 9.63. The van der Waals surface area contributed by atoms with E-state index in [4.69, 9.17) is 0 Å². The molecule has 1 aliphatic heterocycles. The summed E-state index contributed by atoms with van der Waals surface area (Å²) in [4.78, 5) is 2.38. The molecule has 1 aromatic carbocycles. The molecule has 110 valence electrons. The van der Waals surface area contributed by atoms with Gasteiger partial charge in [0.1, 0.15) is 0 Å². The number of hydrogen-bond donors (Lipinski definition) is 1. The van der Waals surface area contributed by atoms with Crippen molar-refractivity contribution >= 4 is 21.6 Å². The third-order valence-electron chi connectivity index (χ3n) is 3.97. The van der Waals surface area contributed by atoms with Crippen molar-refractivity contribution in [2.75, 3.05) is 18.0 Å². The molecule has 0 aromatic heterocycles. The molecule has 1 atom stereocenters. The van der Waals surface area contributed by atoms with E-state index in [1.807, 2.05) is 12.1 Å². The molecule has 0 spiro atoms. The average Bonchev–Trinajstić information content (AvgIpc) is 2.37. The minimum atomic E-state index is -0.422. The average molecular weight is 338 g/mol. The SMILES string of the molecule is C[C@H](O)c1ccc(N2CC=C(C(C)(C)C)CC2)c(Br)c1. The van der Waals surface area contributed by atoms with Crippen LogP contribution in [-0.4, -0.2) is 18.2 Å². The second-order valence-corrected chi connectivity index (χ2v) is 7.42. The summed E-state index contributed by atoms with van der Waals surface area (Å²) in [6.45, 7) is 10.6. The quantitative estimate of drug-likeness (QED) is 0.791. The number of aliphatic hydroxyl groups excluding tert-OH is 1. The predicted molar refractivity (Wildman–Crippen MR) is 89.1 cm³/mol. The molecule has 1 heterocycles. The number of aliphatic hydroxyl groups is 1.